The van der Waals surface area contributed by atoms with Gasteiger partial charge in [0.1, 0.15) is 0 Å². The van der Waals surface area contributed by atoms with Crippen LogP contribution in [0.15, 0.2) is 0 Å². The summed E-state index contributed by atoms with van der Waals surface area (Å²) in [6, 6.07) is 0. The Morgan fingerprint density at radius 1 is 1.11 bits per heavy atom. The average molecular weight is 136 g/mol. The Hall–Kier alpha value is -0.120. The summed E-state index contributed by atoms with van der Waals surface area (Å²) >= 11 is 0. The molecular weight excluding hydrogens is 116 g/mol. The molecule has 0 unspecified atom stereocenters. The molecule has 0 radical (unpaired) electrons. The molecule has 0 aliphatic heterocycles. The highest BCUT2D eigenvalue weighted by Gasteiger charge is 1.80. The first kappa shape index (κ1) is 15.9. The van der Waals surface area contributed by atoms with Gasteiger partial charge in [0.25, 0.3) is 0 Å². The summed E-state index contributed by atoms with van der Waals surface area (Å²) in [6.45, 7) is 3.07. The van der Waals surface area contributed by atoms with E-state index >= 15 is 0 Å². The van der Waals surface area contributed by atoms with Gasteiger partial charge in [-0.05, 0) is 13.0 Å². The molecule has 0 aliphatic rings. The fourth-order valence-electron chi connectivity index (χ4n) is 0.571. The van der Waals surface area contributed by atoms with Crippen LogP contribution in [0.3, 0.4) is 0 Å². The van der Waals surface area contributed by atoms with Crippen LogP contribution in [0.4, 0.5) is 0 Å². The Kier molecular flexibility index (Phi) is 27.8. The molecule has 3 nitrogen and oxygen atoms in total. The van der Waals surface area contributed by atoms with Gasteiger partial charge >= 0.3 is 0 Å². The van der Waals surface area contributed by atoms with Gasteiger partial charge in [-0.25, -0.2) is 0 Å². The lowest BCUT2D eigenvalue weighted by Gasteiger charge is -1.90. The second-order valence-corrected chi connectivity index (χ2v) is 1.85. The number of hydrogen-bond donors (Lipinski definition) is 2. The number of unbranched alkanes of at least 4 members (excludes halogenated alkanes) is 3. The molecule has 3 heteroatoms. The van der Waals surface area contributed by atoms with Crippen molar-refractivity contribution in [3.8, 4) is 0 Å². The Bertz CT molecular complexity index is 30.2. The first-order valence-electron chi connectivity index (χ1n) is 3.12. The first-order valence-corrected chi connectivity index (χ1v) is 3.12. The van der Waals surface area contributed by atoms with Crippen LogP contribution in [0, 0.1) is 0 Å². The van der Waals surface area contributed by atoms with Gasteiger partial charge in [0, 0.05) is 0 Å². The third-order valence-corrected chi connectivity index (χ3v) is 1.06. The monoisotopic (exact) mass is 136 g/mol. The molecule has 9 heavy (non-hydrogen) atoms. The average Bonchev–Trinajstić information content (AvgIpc) is 1.69. The summed E-state index contributed by atoms with van der Waals surface area (Å²) in [6.07, 6.45) is 5.16. The molecule has 0 bridgehead atoms. The zero-order valence-electron chi connectivity index (χ0n) is 6.32. The number of rotatable bonds is 4. The molecule has 0 aliphatic carbocycles. The van der Waals surface area contributed by atoms with Gasteiger partial charge in [-0.1, -0.05) is 26.2 Å². The molecule has 0 amide bonds. The predicted molar refractivity (Wildman–Crippen MR) is 41.8 cm³/mol. The van der Waals surface area contributed by atoms with Crippen LogP contribution in [-0.2, 0) is 0 Å². The highest BCUT2D eigenvalue weighted by Crippen LogP contribution is 1.95. The standard InChI is InChI=1S/C6H15N.H3N.H2O/c1-2-3-4-5-6-7;;/h2-7H2,1H3;1H3;1H2. The molecule has 0 spiro atoms. The van der Waals surface area contributed by atoms with E-state index in [0.717, 1.165) is 6.54 Å². The largest absolute Gasteiger partial charge is 0.412 e. The van der Waals surface area contributed by atoms with Crippen molar-refractivity contribution in [1.82, 2.24) is 6.15 Å². The van der Waals surface area contributed by atoms with Crippen LogP contribution in [0.25, 0.3) is 0 Å². The molecule has 0 aromatic rings. The molecule has 0 rings (SSSR count). The van der Waals surface area contributed by atoms with Crippen molar-refractivity contribution in [2.45, 2.75) is 32.6 Å². The van der Waals surface area contributed by atoms with Crippen LogP contribution < -0.4 is 11.9 Å². The topological polar surface area (TPSA) is 92.5 Å². The zero-order chi connectivity index (χ0) is 5.54. The van der Waals surface area contributed by atoms with Crippen molar-refractivity contribution in [3.63, 3.8) is 0 Å². The zero-order valence-corrected chi connectivity index (χ0v) is 6.32. The fraction of sp³-hybridized carbons (Fsp3) is 1.00. The van der Waals surface area contributed by atoms with Gasteiger partial charge in [0.15, 0.2) is 0 Å². The van der Waals surface area contributed by atoms with E-state index in [0.29, 0.717) is 0 Å². The third-order valence-electron chi connectivity index (χ3n) is 1.06. The van der Waals surface area contributed by atoms with E-state index in [2.05, 4.69) is 6.92 Å². The van der Waals surface area contributed by atoms with Crippen molar-refractivity contribution in [2.24, 2.45) is 5.73 Å². The van der Waals surface area contributed by atoms with E-state index in [-0.39, 0.29) is 11.6 Å². The van der Waals surface area contributed by atoms with E-state index in [1.165, 1.54) is 25.7 Å². The summed E-state index contributed by atoms with van der Waals surface area (Å²) in [5.41, 5.74) is 5.27. The van der Waals surface area contributed by atoms with Gasteiger partial charge in [-0.15, -0.1) is 0 Å². The molecule has 60 valence electrons. The van der Waals surface area contributed by atoms with Crippen molar-refractivity contribution < 1.29 is 5.48 Å². The Labute approximate surface area is 57.5 Å². The summed E-state index contributed by atoms with van der Waals surface area (Å²) in [5.74, 6) is 0. The minimum absolute atomic E-state index is 0. The molecule has 0 saturated heterocycles. The van der Waals surface area contributed by atoms with Gasteiger partial charge < -0.3 is 17.4 Å². The van der Waals surface area contributed by atoms with E-state index < -0.39 is 0 Å². The molecule has 0 atom stereocenters. The SMILES string of the molecule is CCCCCCN.N.O. The lowest BCUT2D eigenvalue weighted by molar-refractivity contribution is 0.674. The highest BCUT2D eigenvalue weighted by atomic mass is 16.0. The van der Waals surface area contributed by atoms with E-state index in [4.69, 9.17) is 5.73 Å². The lowest BCUT2D eigenvalue weighted by atomic mass is 10.2. The van der Waals surface area contributed by atoms with Crippen LogP contribution in [0.1, 0.15) is 32.6 Å². The highest BCUT2D eigenvalue weighted by molar-refractivity contribution is 4.38. The molecule has 0 aromatic heterocycles. The minimum atomic E-state index is 0. The third kappa shape index (κ3) is 18.1. The molecule has 0 heterocycles. The molecule has 0 fully saturated rings. The van der Waals surface area contributed by atoms with Gasteiger partial charge in [0.05, 0.1) is 0 Å². The smallest absolute Gasteiger partial charge is 0.00773 e. The summed E-state index contributed by atoms with van der Waals surface area (Å²) < 4.78 is 0. The Morgan fingerprint density at radius 3 is 2.00 bits per heavy atom. The fourth-order valence-corrected chi connectivity index (χ4v) is 0.571. The normalized spacial score (nSPS) is 7.33. The first-order chi connectivity index (χ1) is 3.41. The van der Waals surface area contributed by atoms with Crippen LogP contribution in [0.5, 0.6) is 0 Å². The predicted octanol–water partition coefficient (Wildman–Crippen LogP) is 0.863. The molecule has 0 saturated carbocycles. The lowest BCUT2D eigenvalue weighted by Crippen LogP contribution is -1.97. The Balaban J connectivity index is -0.000000180. The number of nitrogens with two attached hydrogens (primary N) is 1. The maximum absolute atomic E-state index is 5.27. The van der Waals surface area contributed by atoms with Gasteiger partial charge in [0.2, 0.25) is 0 Å². The van der Waals surface area contributed by atoms with Crippen molar-refractivity contribution >= 4 is 0 Å². The molecule has 0 aromatic carbocycles. The van der Waals surface area contributed by atoms with Crippen molar-refractivity contribution in [2.75, 3.05) is 6.54 Å². The maximum Gasteiger partial charge on any atom is -0.00773 e. The van der Waals surface area contributed by atoms with Crippen molar-refractivity contribution in [1.29, 1.82) is 0 Å². The second-order valence-electron chi connectivity index (χ2n) is 1.85. The van der Waals surface area contributed by atoms with Crippen molar-refractivity contribution in [3.05, 3.63) is 0 Å². The summed E-state index contributed by atoms with van der Waals surface area (Å²) in [7, 11) is 0. The van der Waals surface area contributed by atoms with Crippen LogP contribution in [0.2, 0.25) is 0 Å². The number of hydrogen-bond acceptors (Lipinski definition) is 2. The van der Waals surface area contributed by atoms with E-state index in [1.807, 2.05) is 0 Å². The van der Waals surface area contributed by atoms with Gasteiger partial charge in [-0.2, -0.15) is 0 Å². The van der Waals surface area contributed by atoms with Gasteiger partial charge in [-0.3, -0.25) is 0 Å². The maximum atomic E-state index is 5.27. The summed E-state index contributed by atoms with van der Waals surface area (Å²) in [4.78, 5) is 0. The van der Waals surface area contributed by atoms with E-state index in [1.54, 1.807) is 0 Å². The van der Waals surface area contributed by atoms with Crippen LogP contribution >= 0.6 is 0 Å². The van der Waals surface area contributed by atoms with E-state index in [9.17, 15) is 0 Å². The quantitative estimate of drug-likeness (QED) is 0.561. The molecule has 7 N–H and O–H groups in total. The summed E-state index contributed by atoms with van der Waals surface area (Å²) in [5, 5.41) is 0. The second kappa shape index (κ2) is 15.7. The minimum Gasteiger partial charge on any atom is -0.412 e. The van der Waals surface area contributed by atoms with Crippen LogP contribution in [-0.4, -0.2) is 12.0 Å². The Morgan fingerprint density at radius 2 is 1.67 bits per heavy atom. The molecular formula is C6H20N2O.